The van der Waals surface area contributed by atoms with Crippen molar-refractivity contribution in [3.8, 4) is 0 Å². The number of aryl methyl sites for hydroxylation is 1. The summed E-state index contributed by atoms with van der Waals surface area (Å²) in [4.78, 5) is 0. The molecule has 6 heteroatoms. The van der Waals surface area contributed by atoms with Crippen LogP contribution >= 0.6 is 0 Å². The average molecular weight is 286 g/mol. The summed E-state index contributed by atoms with van der Waals surface area (Å²) in [5.74, 6) is 1.48. The highest BCUT2D eigenvalue weighted by atomic mass is 32.2. The van der Waals surface area contributed by atoms with Crippen molar-refractivity contribution < 1.29 is 12.8 Å². The Morgan fingerprint density at radius 1 is 1.21 bits per heavy atom. The molecule has 1 aromatic heterocycles. The SMILES string of the molecule is Cc1ccc(CN(C)S(=O)(=O)N2CCCCCC2)o1. The third kappa shape index (κ3) is 3.58. The lowest BCUT2D eigenvalue weighted by Crippen LogP contribution is -2.41. The van der Waals surface area contributed by atoms with E-state index in [9.17, 15) is 8.42 Å². The molecular formula is C13H22N2O3S. The van der Waals surface area contributed by atoms with Gasteiger partial charge >= 0.3 is 0 Å². The van der Waals surface area contributed by atoms with Gasteiger partial charge in [0.1, 0.15) is 11.5 Å². The zero-order valence-electron chi connectivity index (χ0n) is 11.6. The summed E-state index contributed by atoms with van der Waals surface area (Å²) in [5, 5.41) is 0. The highest BCUT2D eigenvalue weighted by Gasteiger charge is 2.27. The molecule has 0 N–H and O–H groups in total. The lowest BCUT2D eigenvalue weighted by Gasteiger charge is -2.25. The fourth-order valence-electron chi connectivity index (χ4n) is 2.34. The molecule has 5 nitrogen and oxygen atoms in total. The van der Waals surface area contributed by atoms with Gasteiger partial charge in [0.15, 0.2) is 0 Å². The Labute approximate surface area is 115 Å². The van der Waals surface area contributed by atoms with E-state index in [0.29, 0.717) is 18.8 Å². The zero-order chi connectivity index (χ0) is 13.9. The van der Waals surface area contributed by atoms with Crippen molar-refractivity contribution >= 4 is 10.2 Å². The van der Waals surface area contributed by atoms with E-state index in [2.05, 4.69) is 0 Å². The summed E-state index contributed by atoms with van der Waals surface area (Å²) in [6.45, 7) is 3.40. The predicted molar refractivity (Wildman–Crippen MR) is 73.9 cm³/mol. The molecule has 0 saturated carbocycles. The fourth-order valence-corrected chi connectivity index (χ4v) is 3.74. The van der Waals surface area contributed by atoms with Crippen LogP contribution < -0.4 is 0 Å². The number of hydrogen-bond donors (Lipinski definition) is 0. The summed E-state index contributed by atoms with van der Waals surface area (Å²) in [6.07, 6.45) is 4.14. The first-order chi connectivity index (χ1) is 9.00. The van der Waals surface area contributed by atoms with Gasteiger partial charge in [-0.25, -0.2) is 0 Å². The van der Waals surface area contributed by atoms with Crippen LogP contribution in [0, 0.1) is 6.92 Å². The second kappa shape index (κ2) is 6.07. The van der Waals surface area contributed by atoms with Crippen LogP contribution in [0.1, 0.15) is 37.2 Å². The molecule has 0 spiro atoms. The summed E-state index contributed by atoms with van der Waals surface area (Å²) in [7, 11) is -1.76. The van der Waals surface area contributed by atoms with Crippen LogP contribution in [0.5, 0.6) is 0 Å². The van der Waals surface area contributed by atoms with Crippen LogP contribution in [0.25, 0.3) is 0 Å². The van der Waals surface area contributed by atoms with Gasteiger partial charge in [-0.3, -0.25) is 0 Å². The van der Waals surface area contributed by atoms with Crippen molar-refractivity contribution in [1.82, 2.24) is 8.61 Å². The minimum Gasteiger partial charge on any atom is -0.465 e. The number of hydrogen-bond acceptors (Lipinski definition) is 3. The van der Waals surface area contributed by atoms with Crippen molar-refractivity contribution in [2.24, 2.45) is 0 Å². The van der Waals surface area contributed by atoms with Gasteiger partial charge in [-0.1, -0.05) is 12.8 Å². The quantitative estimate of drug-likeness (QED) is 0.852. The minimum atomic E-state index is -3.37. The second-order valence-electron chi connectivity index (χ2n) is 5.09. The molecule has 108 valence electrons. The van der Waals surface area contributed by atoms with Crippen LogP contribution in [0.3, 0.4) is 0 Å². The maximum absolute atomic E-state index is 12.5. The maximum atomic E-state index is 12.5. The fraction of sp³-hybridized carbons (Fsp3) is 0.692. The van der Waals surface area contributed by atoms with Crippen molar-refractivity contribution in [1.29, 1.82) is 0 Å². The molecule has 0 unspecified atom stereocenters. The largest absolute Gasteiger partial charge is 0.465 e. The molecule has 1 aliphatic heterocycles. The van der Waals surface area contributed by atoms with E-state index < -0.39 is 10.2 Å². The van der Waals surface area contributed by atoms with Gasteiger partial charge in [-0.05, 0) is 31.9 Å². The monoisotopic (exact) mass is 286 g/mol. The van der Waals surface area contributed by atoms with E-state index in [1.54, 1.807) is 11.4 Å². The third-order valence-electron chi connectivity index (χ3n) is 3.46. The standard InChI is InChI=1S/C13H22N2O3S/c1-12-7-8-13(18-12)11-14(2)19(16,17)15-9-5-3-4-6-10-15/h7-8H,3-6,9-11H2,1-2H3. The molecule has 0 atom stereocenters. The second-order valence-corrected chi connectivity index (χ2v) is 7.12. The molecule has 0 aromatic carbocycles. The molecule has 1 fully saturated rings. The first-order valence-electron chi connectivity index (χ1n) is 6.77. The van der Waals surface area contributed by atoms with Crippen LogP contribution in [-0.4, -0.2) is 37.2 Å². The zero-order valence-corrected chi connectivity index (χ0v) is 12.4. The molecule has 1 aromatic rings. The van der Waals surface area contributed by atoms with E-state index in [1.165, 1.54) is 4.31 Å². The Kier molecular flexibility index (Phi) is 4.65. The van der Waals surface area contributed by atoms with E-state index in [1.807, 2.05) is 19.1 Å². The first-order valence-corrected chi connectivity index (χ1v) is 8.16. The number of rotatable bonds is 4. The lowest BCUT2D eigenvalue weighted by molar-refractivity contribution is 0.343. The van der Waals surface area contributed by atoms with Gasteiger partial charge in [0.05, 0.1) is 6.54 Å². The molecule has 0 aliphatic carbocycles. The molecule has 0 bridgehead atoms. The molecular weight excluding hydrogens is 264 g/mol. The van der Waals surface area contributed by atoms with E-state index >= 15 is 0 Å². The molecule has 19 heavy (non-hydrogen) atoms. The molecule has 2 rings (SSSR count). The summed E-state index contributed by atoms with van der Waals surface area (Å²) < 4.78 is 33.3. The highest BCUT2D eigenvalue weighted by molar-refractivity contribution is 7.86. The normalized spacial score (nSPS) is 18.7. The van der Waals surface area contributed by atoms with E-state index in [0.717, 1.165) is 31.4 Å². The Balaban J connectivity index is 2.05. The minimum absolute atomic E-state index is 0.284. The van der Waals surface area contributed by atoms with Crippen molar-refractivity contribution in [2.45, 2.75) is 39.2 Å². The Hall–Kier alpha value is -0.850. The summed E-state index contributed by atoms with van der Waals surface area (Å²) in [6, 6.07) is 3.67. The Bertz CT molecular complexity index is 502. The van der Waals surface area contributed by atoms with Gasteiger partial charge in [-0.2, -0.15) is 17.0 Å². The molecule has 2 heterocycles. The Morgan fingerprint density at radius 3 is 2.37 bits per heavy atom. The first kappa shape index (κ1) is 14.6. The topological polar surface area (TPSA) is 53.8 Å². The molecule has 0 radical (unpaired) electrons. The average Bonchev–Trinajstić information content (AvgIpc) is 2.63. The summed E-state index contributed by atoms with van der Waals surface area (Å²) in [5.41, 5.74) is 0. The number of nitrogens with zero attached hydrogens (tertiary/aromatic N) is 2. The van der Waals surface area contributed by atoms with Crippen LogP contribution in [-0.2, 0) is 16.8 Å². The van der Waals surface area contributed by atoms with E-state index in [4.69, 9.17) is 4.42 Å². The van der Waals surface area contributed by atoms with Gasteiger partial charge in [-0.15, -0.1) is 0 Å². The molecule has 1 aliphatic rings. The Morgan fingerprint density at radius 2 is 1.84 bits per heavy atom. The number of furan rings is 1. The van der Waals surface area contributed by atoms with Crippen LogP contribution in [0.15, 0.2) is 16.5 Å². The maximum Gasteiger partial charge on any atom is 0.282 e. The molecule has 1 saturated heterocycles. The lowest BCUT2D eigenvalue weighted by atomic mass is 10.2. The van der Waals surface area contributed by atoms with Crippen molar-refractivity contribution in [3.63, 3.8) is 0 Å². The van der Waals surface area contributed by atoms with Crippen molar-refractivity contribution in [2.75, 3.05) is 20.1 Å². The smallest absolute Gasteiger partial charge is 0.282 e. The third-order valence-corrected chi connectivity index (χ3v) is 5.39. The van der Waals surface area contributed by atoms with Crippen LogP contribution in [0.4, 0.5) is 0 Å². The highest BCUT2D eigenvalue weighted by Crippen LogP contribution is 2.18. The van der Waals surface area contributed by atoms with Gasteiger partial charge < -0.3 is 4.42 Å². The summed E-state index contributed by atoms with van der Waals surface area (Å²) >= 11 is 0. The van der Waals surface area contributed by atoms with Crippen molar-refractivity contribution in [3.05, 3.63) is 23.7 Å². The van der Waals surface area contributed by atoms with Gasteiger partial charge in [0.25, 0.3) is 10.2 Å². The predicted octanol–water partition coefficient (Wildman–Crippen LogP) is 2.14. The molecule has 0 amide bonds. The van der Waals surface area contributed by atoms with Crippen LogP contribution in [0.2, 0.25) is 0 Å². The van der Waals surface area contributed by atoms with Gasteiger partial charge in [0, 0.05) is 20.1 Å². The van der Waals surface area contributed by atoms with Gasteiger partial charge in [0.2, 0.25) is 0 Å². The van der Waals surface area contributed by atoms with E-state index in [-0.39, 0.29) is 6.54 Å².